The first-order valence-electron chi connectivity index (χ1n) is 9.05. The van der Waals surface area contributed by atoms with Gasteiger partial charge in [0.05, 0.1) is 11.6 Å². The molecule has 1 aromatic carbocycles. The molecule has 9 heteroatoms. The Labute approximate surface area is 161 Å². The monoisotopic (exact) mass is 385 g/mol. The molecule has 1 N–H and O–H groups in total. The highest BCUT2D eigenvalue weighted by Crippen LogP contribution is 2.31. The molecule has 1 aliphatic heterocycles. The van der Waals surface area contributed by atoms with Crippen molar-refractivity contribution in [3.63, 3.8) is 0 Å². The maximum Gasteiger partial charge on any atom is 0.226 e. The second kappa shape index (κ2) is 7.87. The number of carbonyl (C=O) groups is 1. The zero-order valence-electron chi connectivity index (χ0n) is 14.8. The van der Waals surface area contributed by atoms with Crippen molar-refractivity contribution < 1.29 is 4.79 Å². The standard InChI is InChI=1S/C18H20ClN7O/c19-15-6-5-13(22-17(27)7-9-25-12-20-11-21-25)10-14(15)18-24-23-16-4-2-1-3-8-26(16)18/h5-6,10-12H,1-4,7-9H2,(H,22,27). The van der Waals surface area contributed by atoms with E-state index < -0.39 is 0 Å². The number of hydrogen-bond acceptors (Lipinski definition) is 5. The number of halogens is 1. The molecule has 1 aliphatic rings. The van der Waals surface area contributed by atoms with Crippen LogP contribution in [0.2, 0.25) is 5.02 Å². The zero-order valence-corrected chi connectivity index (χ0v) is 15.6. The Kier molecular flexibility index (Phi) is 5.15. The van der Waals surface area contributed by atoms with Crippen LogP contribution in [0.25, 0.3) is 11.4 Å². The van der Waals surface area contributed by atoms with Crippen LogP contribution in [0.3, 0.4) is 0 Å². The van der Waals surface area contributed by atoms with Gasteiger partial charge >= 0.3 is 0 Å². The summed E-state index contributed by atoms with van der Waals surface area (Å²) in [6, 6.07) is 5.43. The van der Waals surface area contributed by atoms with Gasteiger partial charge in [-0.3, -0.25) is 9.48 Å². The van der Waals surface area contributed by atoms with Crippen LogP contribution in [0.4, 0.5) is 5.69 Å². The van der Waals surface area contributed by atoms with Crippen molar-refractivity contribution in [1.82, 2.24) is 29.5 Å². The minimum absolute atomic E-state index is 0.0983. The summed E-state index contributed by atoms with van der Waals surface area (Å²) in [4.78, 5) is 16.1. The molecule has 140 valence electrons. The number of rotatable bonds is 5. The van der Waals surface area contributed by atoms with Crippen molar-refractivity contribution in [2.45, 2.75) is 45.2 Å². The van der Waals surface area contributed by atoms with Gasteiger partial charge in [0, 0.05) is 30.6 Å². The average Bonchev–Trinajstić information content (AvgIpc) is 3.27. The largest absolute Gasteiger partial charge is 0.326 e. The average molecular weight is 386 g/mol. The van der Waals surface area contributed by atoms with Crippen molar-refractivity contribution in [3.8, 4) is 11.4 Å². The Morgan fingerprint density at radius 2 is 2.15 bits per heavy atom. The van der Waals surface area contributed by atoms with Crippen LogP contribution in [0, 0.1) is 0 Å². The second-order valence-corrected chi connectivity index (χ2v) is 6.96. The number of amides is 1. The number of nitrogens with zero attached hydrogens (tertiary/aromatic N) is 6. The van der Waals surface area contributed by atoms with Crippen molar-refractivity contribution in [3.05, 3.63) is 41.7 Å². The second-order valence-electron chi connectivity index (χ2n) is 6.55. The van der Waals surface area contributed by atoms with Crippen molar-refractivity contribution in [2.24, 2.45) is 0 Å². The molecule has 0 bridgehead atoms. The fourth-order valence-corrected chi connectivity index (χ4v) is 3.45. The Hall–Kier alpha value is -2.74. The zero-order chi connectivity index (χ0) is 18.6. The lowest BCUT2D eigenvalue weighted by molar-refractivity contribution is -0.116. The Balaban J connectivity index is 1.52. The Morgan fingerprint density at radius 1 is 1.22 bits per heavy atom. The molecule has 0 unspecified atom stereocenters. The van der Waals surface area contributed by atoms with Gasteiger partial charge in [-0.05, 0) is 31.0 Å². The van der Waals surface area contributed by atoms with Gasteiger partial charge in [0.15, 0.2) is 5.82 Å². The molecule has 3 aromatic rings. The molecule has 3 heterocycles. The molecule has 0 atom stereocenters. The molecular weight excluding hydrogens is 366 g/mol. The van der Waals surface area contributed by atoms with Gasteiger partial charge in [0.25, 0.3) is 0 Å². The summed E-state index contributed by atoms with van der Waals surface area (Å²) >= 11 is 6.42. The van der Waals surface area contributed by atoms with E-state index in [1.165, 1.54) is 12.7 Å². The summed E-state index contributed by atoms with van der Waals surface area (Å²) in [6.45, 7) is 1.37. The van der Waals surface area contributed by atoms with Crippen LogP contribution in [-0.2, 0) is 24.3 Å². The van der Waals surface area contributed by atoms with E-state index in [9.17, 15) is 4.79 Å². The van der Waals surface area contributed by atoms with Gasteiger partial charge in [0.1, 0.15) is 18.5 Å². The van der Waals surface area contributed by atoms with Crippen LogP contribution in [0.5, 0.6) is 0 Å². The molecule has 0 fully saturated rings. The Bertz CT molecular complexity index is 935. The van der Waals surface area contributed by atoms with E-state index in [1.807, 2.05) is 6.07 Å². The summed E-state index contributed by atoms with van der Waals surface area (Å²) in [5.41, 5.74) is 1.47. The lowest BCUT2D eigenvalue weighted by Crippen LogP contribution is -2.14. The maximum atomic E-state index is 12.2. The lowest BCUT2D eigenvalue weighted by Gasteiger charge is -2.11. The predicted octanol–water partition coefficient (Wildman–Crippen LogP) is 2.95. The molecule has 2 aromatic heterocycles. The van der Waals surface area contributed by atoms with Gasteiger partial charge in [0.2, 0.25) is 5.91 Å². The van der Waals surface area contributed by atoms with E-state index in [2.05, 4.69) is 30.2 Å². The van der Waals surface area contributed by atoms with Crippen LogP contribution in [0.1, 0.15) is 31.5 Å². The molecule has 4 rings (SSSR count). The third-order valence-electron chi connectivity index (χ3n) is 4.64. The fourth-order valence-electron chi connectivity index (χ4n) is 3.25. The molecule has 0 saturated heterocycles. The van der Waals surface area contributed by atoms with Gasteiger partial charge in [-0.15, -0.1) is 10.2 Å². The van der Waals surface area contributed by atoms with E-state index in [4.69, 9.17) is 11.6 Å². The maximum absolute atomic E-state index is 12.2. The fraction of sp³-hybridized carbons (Fsp3) is 0.389. The molecule has 0 radical (unpaired) electrons. The number of aryl methyl sites for hydroxylation is 2. The van der Waals surface area contributed by atoms with Crippen LogP contribution in [0.15, 0.2) is 30.9 Å². The summed E-state index contributed by atoms with van der Waals surface area (Å²) in [7, 11) is 0. The molecule has 27 heavy (non-hydrogen) atoms. The van der Waals surface area contributed by atoms with E-state index in [0.29, 0.717) is 23.7 Å². The number of fused-ring (bicyclic) bond motifs is 1. The summed E-state index contributed by atoms with van der Waals surface area (Å²) in [5, 5.41) is 16.2. The molecular formula is C18H20ClN7O. The van der Waals surface area contributed by atoms with Crippen molar-refractivity contribution >= 4 is 23.2 Å². The first-order chi connectivity index (χ1) is 13.2. The van der Waals surface area contributed by atoms with Crippen LogP contribution < -0.4 is 5.32 Å². The number of hydrogen-bond donors (Lipinski definition) is 1. The highest BCUT2D eigenvalue weighted by Gasteiger charge is 2.18. The molecule has 0 saturated carbocycles. The third kappa shape index (κ3) is 4.00. The molecule has 0 aliphatic carbocycles. The van der Waals surface area contributed by atoms with Gasteiger partial charge in [-0.1, -0.05) is 18.0 Å². The number of aromatic nitrogens is 6. The summed E-state index contributed by atoms with van der Waals surface area (Å²) < 4.78 is 3.77. The van der Waals surface area contributed by atoms with E-state index in [0.717, 1.165) is 43.0 Å². The van der Waals surface area contributed by atoms with Crippen molar-refractivity contribution in [2.75, 3.05) is 5.32 Å². The van der Waals surface area contributed by atoms with Gasteiger partial charge < -0.3 is 9.88 Å². The van der Waals surface area contributed by atoms with Gasteiger partial charge in [-0.25, -0.2) is 4.98 Å². The van der Waals surface area contributed by atoms with Crippen LogP contribution >= 0.6 is 11.6 Å². The van der Waals surface area contributed by atoms with E-state index >= 15 is 0 Å². The first kappa shape index (κ1) is 17.7. The number of nitrogens with one attached hydrogen (secondary N) is 1. The van der Waals surface area contributed by atoms with E-state index in [-0.39, 0.29) is 5.91 Å². The summed E-state index contributed by atoms with van der Waals surface area (Å²) in [5.74, 6) is 1.66. The SMILES string of the molecule is O=C(CCn1cncn1)Nc1ccc(Cl)c(-c2nnc3n2CCCCC3)c1. The minimum Gasteiger partial charge on any atom is -0.326 e. The normalized spacial score (nSPS) is 13.8. The number of carbonyl (C=O) groups excluding carboxylic acids is 1. The predicted molar refractivity (Wildman–Crippen MR) is 101 cm³/mol. The number of anilines is 1. The first-order valence-corrected chi connectivity index (χ1v) is 9.43. The Morgan fingerprint density at radius 3 is 3.00 bits per heavy atom. The molecule has 1 amide bonds. The minimum atomic E-state index is -0.0983. The smallest absolute Gasteiger partial charge is 0.226 e. The molecule has 0 spiro atoms. The highest BCUT2D eigenvalue weighted by atomic mass is 35.5. The third-order valence-corrected chi connectivity index (χ3v) is 4.96. The quantitative estimate of drug-likeness (QED) is 0.729. The molecule has 8 nitrogen and oxygen atoms in total. The van der Waals surface area contributed by atoms with Gasteiger partial charge in [-0.2, -0.15) is 5.10 Å². The highest BCUT2D eigenvalue weighted by molar-refractivity contribution is 6.33. The van der Waals surface area contributed by atoms with Crippen LogP contribution in [-0.4, -0.2) is 35.4 Å². The lowest BCUT2D eigenvalue weighted by atomic mass is 10.1. The van der Waals surface area contributed by atoms with E-state index in [1.54, 1.807) is 23.1 Å². The summed E-state index contributed by atoms with van der Waals surface area (Å²) in [6.07, 6.45) is 7.71. The number of benzene rings is 1. The topological polar surface area (TPSA) is 90.5 Å². The van der Waals surface area contributed by atoms with Crippen molar-refractivity contribution in [1.29, 1.82) is 0 Å².